The van der Waals surface area contributed by atoms with Crippen LogP contribution in [0.2, 0.25) is 5.02 Å². The van der Waals surface area contributed by atoms with E-state index in [0.29, 0.717) is 28.2 Å². The molecule has 0 aliphatic heterocycles. The Bertz CT molecular complexity index is 885. The minimum Gasteiger partial charge on any atom is -0.494 e. The first kappa shape index (κ1) is 19.5. The van der Waals surface area contributed by atoms with Gasteiger partial charge in [0.25, 0.3) is 0 Å². The minimum atomic E-state index is -0.368. The zero-order valence-corrected chi connectivity index (χ0v) is 16.8. The van der Waals surface area contributed by atoms with Gasteiger partial charge in [0.05, 0.1) is 12.4 Å². The molecule has 27 heavy (non-hydrogen) atoms. The number of benzene rings is 2. The third kappa shape index (κ3) is 6.13. The fourth-order valence-corrected chi connectivity index (χ4v) is 3.84. The lowest BCUT2D eigenvalue weighted by molar-refractivity contribution is 0.262. The number of hydrogen-bond acceptors (Lipinski definition) is 6. The number of halogens is 1. The lowest BCUT2D eigenvalue weighted by Crippen LogP contribution is -2.19. The molecule has 0 saturated heterocycles. The standard InChI is InChI=1S/C18H17ClN4O2S2/c1-2-25-14-7-5-13(6-8-14)20-17(24)21-18-23-22-16(27-18)11-26-15-9-3-12(19)4-10-15/h3-10H,2,11H2,1H3,(H2,20,21,23,24). The maximum Gasteiger partial charge on any atom is 0.325 e. The van der Waals surface area contributed by atoms with Gasteiger partial charge in [0.2, 0.25) is 5.13 Å². The Hall–Kier alpha value is -2.29. The van der Waals surface area contributed by atoms with Crippen molar-refractivity contribution in [1.82, 2.24) is 10.2 Å². The summed E-state index contributed by atoms with van der Waals surface area (Å²) in [6.45, 7) is 2.52. The van der Waals surface area contributed by atoms with E-state index in [1.165, 1.54) is 11.3 Å². The first-order valence-electron chi connectivity index (χ1n) is 8.14. The van der Waals surface area contributed by atoms with Gasteiger partial charge in [0.1, 0.15) is 10.8 Å². The van der Waals surface area contributed by atoms with Crippen LogP contribution in [0.4, 0.5) is 15.6 Å². The van der Waals surface area contributed by atoms with Crippen molar-refractivity contribution in [2.24, 2.45) is 0 Å². The Kier molecular flexibility index (Phi) is 6.92. The zero-order chi connectivity index (χ0) is 19.1. The van der Waals surface area contributed by atoms with E-state index >= 15 is 0 Å². The molecule has 0 aliphatic rings. The summed E-state index contributed by atoms with van der Waals surface area (Å²) in [5.41, 5.74) is 0.666. The molecule has 1 aromatic heterocycles. The van der Waals surface area contributed by atoms with Gasteiger partial charge in [-0.1, -0.05) is 22.9 Å². The molecule has 6 nitrogen and oxygen atoms in total. The third-order valence-corrected chi connectivity index (χ3v) is 5.58. The summed E-state index contributed by atoms with van der Waals surface area (Å²) in [5, 5.41) is 15.5. The quantitative estimate of drug-likeness (QED) is 0.491. The molecule has 0 radical (unpaired) electrons. The number of nitrogens with zero attached hydrogens (tertiary/aromatic N) is 2. The highest BCUT2D eigenvalue weighted by atomic mass is 35.5. The first-order chi connectivity index (χ1) is 13.1. The number of thioether (sulfide) groups is 1. The number of aromatic nitrogens is 2. The summed E-state index contributed by atoms with van der Waals surface area (Å²) in [7, 11) is 0. The number of carbonyl (C=O) groups is 1. The maximum absolute atomic E-state index is 12.1. The predicted octanol–water partition coefficient (Wildman–Crippen LogP) is 5.53. The van der Waals surface area contributed by atoms with E-state index in [0.717, 1.165) is 15.7 Å². The molecule has 0 unspecified atom stereocenters. The van der Waals surface area contributed by atoms with Crippen LogP contribution in [0.5, 0.6) is 5.75 Å². The highest BCUT2D eigenvalue weighted by Crippen LogP contribution is 2.27. The monoisotopic (exact) mass is 420 g/mol. The fraction of sp³-hybridized carbons (Fsp3) is 0.167. The second kappa shape index (κ2) is 9.59. The van der Waals surface area contributed by atoms with E-state index in [1.54, 1.807) is 36.0 Å². The van der Waals surface area contributed by atoms with Gasteiger partial charge in [-0.05, 0) is 55.5 Å². The van der Waals surface area contributed by atoms with Crippen molar-refractivity contribution < 1.29 is 9.53 Å². The molecule has 2 N–H and O–H groups in total. The van der Waals surface area contributed by atoms with Crippen molar-refractivity contribution in [3.8, 4) is 5.75 Å². The van der Waals surface area contributed by atoms with Crippen molar-refractivity contribution in [1.29, 1.82) is 0 Å². The number of ether oxygens (including phenoxy) is 1. The molecule has 3 aromatic rings. The predicted molar refractivity (Wildman–Crippen MR) is 111 cm³/mol. The van der Waals surface area contributed by atoms with Gasteiger partial charge < -0.3 is 10.1 Å². The second-order valence-electron chi connectivity index (χ2n) is 5.28. The molecule has 0 saturated carbocycles. The number of carbonyl (C=O) groups excluding carboxylic acids is 1. The summed E-state index contributed by atoms with van der Waals surface area (Å²) in [5.74, 6) is 1.43. The number of rotatable bonds is 7. The van der Waals surface area contributed by atoms with Crippen molar-refractivity contribution in [3.63, 3.8) is 0 Å². The van der Waals surface area contributed by atoms with Crippen LogP contribution in [0.15, 0.2) is 53.4 Å². The average molecular weight is 421 g/mol. The van der Waals surface area contributed by atoms with Crippen LogP contribution in [0, 0.1) is 0 Å². The molecule has 0 fully saturated rings. The first-order valence-corrected chi connectivity index (χ1v) is 10.3. The summed E-state index contributed by atoms with van der Waals surface area (Å²) in [6, 6.07) is 14.4. The molecule has 1 heterocycles. The van der Waals surface area contributed by atoms with Crippen LogP contribution in [0.1, 0.15) is 11.9 Å². The number of hydrogen-bond donors (Lipinski definition) is 2. The van der Waals surface area contributed by atoms with E-state index < -0.39 is 0 Å². The van der Waals surface area contributed by atoms with Gasteiger partial charge in [0, 0.05) is 15.6 Å². The summed E-state index contributed by atoms with van der Waals surface area (Å²) < 4.78 is 5.37. The fourth-order valence-electron chi connectivity index (χ4n) is 2.10. The largest absolute Gasteiger partial charge is 0.494 e. The van der Waals surface area contributed by atoms with Gasteiger partial charge in [0.15, 0.2) is 0 Å². The van der Waals surface area contributed by atoms with E-state index in [4.69, 9.17) is 16.3 Å². The molecule has 0 bridgehead atoms. The molecule has 0 aliphatic carbocycles. The van der Waals surface area contributed by atoms with Crippen molar-refractivity contribution in [3.05, 3.63) is 58.6 Å². The van der Waals surface area contributed by atoms with Gasteiger partial charge >= 0.3 is 6.03 Å². The minimum absolute atomic E-state index is 0.368. The van der Waals surface area contributed by atoms with Gasteiger partial charge in [-0.15, -0.1) is 22.0 Å². The Balaban J connectivity index is 1.49. The molecule has 3 rings (SSSR count). The highest BCUT2D eigenvalue weighted by Gasteiger charge is 2.09. The van der Waals surface area contributed by atoms with Gasteiger partial charge in [-0.3, -0.25) is 5.32 Å². The molecule has 9 heteroatoms. The Morgan fingerprint density at radius 3 is 2.56 bits per heavy atom. The van der Waals surface area contributed by atoms with Crippen molar-refractivity contribution >= 4 is 51.5 Å². The van der Waals surface area contributed by atoms with Crippen molar-refractivity contribution in [2.45, 2.75) is 17.6 Å². The van der Waals surface area contributed by atoms with Crippen LogP contribution in [0.25, 0.3) is 0 Å². The maximum atomic E-state index is 12.1. The van der Waals surface area contributed by atoms with Crippen LogP contribution in [0.3, 0.4) is 0 Å². The molecule has 2 aromatic carbocycles. The van der Waals surface area contributed by atoms with Crippen LogP contribution in [-0.4, -0.2) is 22.8 Å². The SMILES string of the molecule is CCOc1ccc(NC(=O)Nc2nnc(CSc3ccc(Cl)cc3)s2)cc1. The van der Waals surface area contributed by atoms with Gasteiger partial charge in [-0.2, -0.15) is 0 Å². The smallest absolute Gasteiger partial charge is 0.325 e. The number of anilines is 2. The normalized spacial score (nSPS) is 10.4. The Morgan fingerprint density at radius 2 is 1.85 bits per heavy atom. The Labute approximate surface area is 170 Å². The highest BCUT2D eigenvalue weighted by molar-refractivity contribution is 7.98. The van der Waals surface area contributed by atoms with E-state index in [9.17, 15) is 4.79 Å². The third-order valence-electron chi connectivity index (χ3n) is 3.29. The van der Waals surface area contributed by atoms with Crippen LogP contribution < -0.4 is 15.4 Å². The number of amides is 2. The number of urea groups is 1. The van der Waals surface area contributed by atoms with Crippen LogP contribution >= 0.6 is 34.7 Å². The lowest BCUT2D eigenvalue weighted by atomic mass is 10.3. The van der Waals surface area contributed by atoms with E-state index in [-0.39, 0.29) is 6.03 Å². The molecule has 0 spiro atoms. The second-order valence-corrected chi connectivity index (χ2v) is 7.83. The van der Waals surface area contributed by atoms with E-state index in [2.05, 4.69) is 20.8 Å². The summed E-state index contributed by atoms with van der Waals surface area (Å²) >= 11 is 8.85. The molecular formula is C18H17ClN4O2S2. The Morgan fingerprint density at radius 1 is 1.11 bits per heavy atom. The number of nitrogens with one attached hydrogen (secondary N) is 2. The topological polar surface area (TPSA) is 76.1 Å². The summed E-state index contributed by atoms with van der Waals surface area (Å²) in [4.78, 5) is 13.2. The van der Waals surface area contributed by atoms with E-state index in [1.807, 2.05) is 31.2 Å². The average Bonchev–Trinajstić information content (AvgIpc) is 3.10. The van der Waals surface area contributed by atoms with Crippen molar-refractivity contribution in [2.75, 3.05) is 17.2 Å². The summed E-state index contributed by atoms with van der Waals surface area (Å²) in [6.07, 6.45) is 0. The zero-order valence-electron chi connectivity index (χ0n) is 14.4. The molecule has 2 amide bonds. The molecule has 0 atom stereocenters. The molecule has 140 valence electrons. The van der Waals surface area contributed by atoms with Crippen LogP contribution in [-0.2, 0) is 5.75 Å². The van der Waals surface area contributed by atoms with Gasteiger partial charge in [-0.25, -0.2) is 4.79 Å². The molecular weight excluding hydrogens is 404 g/mol. The lowest BCUT2D eigenvalue weighted by Gasteiger charge is -2.06.